The molecule has 0 aromatic heterocycles. The van der Waals surface area contributed by atoms with Crippen LogP contribution >= 0.6 is 31.9 Å². The van der Waals surface area contributed by atoms with Gasteiger partial charge in [0.15, 0.2) is 0 Å². The van der Waals surface area contributed by atoms with Gasteiger partial charge in [-0.25, -0.2) is 0 Å². The van der Waals surface area contributed by atoms with Crippen LogP contribution in [0.1, 0.15) is 46.6 Å². The van der Waals surface area contributed by atoms with Crippen molar-refractivity contribution in [3.63, 3.8) is 0 Å². The molecule has 0 radical (unpaired) electrons. The second-order valence-corrected chi connectivity index (χ2v) is 8.12. The molecule has 0 aliphatic rings. The fourth-order valence-corrected chi connectivity index (χ4v) is 3.57. The van der Waals surface area contributed by atoms with Crippen LogP contribution in [0.3, 0.4) is 0 Å². The Kier molecular flexibility index (Phi) is 4.36. The summed E-state index contributed by atoms with van der Waals surface area (Å²) in [5, 5.41) is 9.74. The first kappa shape index (κ1) is 15.0. The molecule has 3 heteroatoms. The third kappa shape index (κ3) is 3.99. The van der Waals surface area contributed by atoms with Crippen molar-refractivity contribution < 1.29 is 5.11 Å². The molecule has 1 aromatic rings. The summed E-state index contributed by atoms with van der Waals surface area (Å²) >= 11 is 6.78. The summed E-state index contributed by atoms with van der Waals surface area (Å²) in [4.78, 5) is 0. The number of hydrogen-bond donors (Lipinski definition) is 1. The molecular formula is C14H20Br2O. The van der Waals surface area contributed by atoms with Crippen molar-refractivity contribution in [2.75, 3.05) is 0 Å². The van der Waals surface area contributed by atoms with Crippen LogP contribution in [-0.2, 0) is 5.41 Å². The predicted octanol–water partition coefficient (Wildman–Crippen LogP) is 5.63. The fourth-order valence-electron chi connectivity index (χ4n) is 2.38. The second-order valence-electron chi connectivity index (χ2n) is 6.41. The molecule has 0 saturated carbocycles. The number of aromatic hydroxyl groups is 1. The van der Waals surface area contributed by atoms with E-state index in [2.05, 4.69) is 66.5 Å². The Hall–Kier alpha value is -0.0200. The van der Waals surface area contributed by atoms with Crippen LogP contribution in [-0.4, -0.2) is 5.11 Å². The van der Waals surface area contributed by atoms with Gasteiger partial charge in [-0.2, -0.15) is 0 Å². The minimum absolute atomic E-state index is 0.0803. The van der Waals surface area contributed by atoms with Crippen molar-refractivity contribution in [2.24, 2.45) is 5.41 Å². The number of rotatable bonds is 2. The van der Waals surface area contributed by atoms with E-state index in [4.69, 9.17) is 0 Å². The van der Waals surface area contributed by atoms with Gasteiger partial charge in [-0.1, -0.05) is 34.6 Å². The summed E-state index contributed by atoms with van der Waals surface area (Å²) in [6, 6.07) is 4.01. The van der Waals surface area contributed by atoms with E-state index in [1.807, 2.05) is 12.1 Å². The van der Waals surface area contributed by atoms with Crippen molar-refractivity contribution >= 4 is 31.9 Å². The number of hydrogen-bond acceptors (Lipinski definition) is 1. The van der Waals surface area contributed by atoms with E-state index in [0.29, 0.717) is 0 Å². The van der Waals surface area contributed by atoms with Crippen molar-refractivity contribution in [1.82, 2.24) is 0 Å². The van der Waals surface area contributed by atoms with Gasteiger partial charge in [0.1, 0.15) is 5.75 Å². The Morgan fingerprint density at radius 2 is 1.41 bits per heavy atom. The van der Waals surface area contributed by atoms with E-state index in [0.717, 1.165) is 15.4 Å². The lowest BCUT2D eigenvalue weighted by molar-refractivity contribution is 0.284. The lowest BCUT2D eigenvalue weighted by Gasteiger charge is -2.33. The first-order valence-electron chi connectivity index (χ1n) is 5.71. The average Bonchev–Trinajstić information content (AvgIpc) is 2.09. The predicted molar refractivity (Wildman–Crippen MR) is 80.6 cm³/mol. The zero-order chi connectivity index (χ0) is 13.4. The zero-order valence-corrected chi connectivity index (χ0v) is 14.2. The van der Waals surface area contributed by atoms with Gasteiger partial charge in [0.2, 0.25) is 0 Å². The van der Waals surface area contributed by atoms with Gasteiger partial charge < -0.3 is 5.11 Å². The normalized spacial score (nSPS) is 12.9. The number of halogens is 2. The van der Waals surface area contributed by atoms with Crippen LogP contribution in [0.4, 0.5) is 0 Å². The van der Waals surface area contributed by atoms with E-state index in [1.165, 1.54) is 5.56 Å². The molecule has 0 unspecified atom stereocenters. The lowest BCUT2D eigenvalue weighted by Crippen LogP contribution is -2.24. The highest BCUT2D eigenvalue weighted by atomic mass is 79.9. The molecule has 1 rings (SSSR count). The van der Waals surface area contributed by atoms with Crippen LogP contribution in [0.25, 0.3) is 0 Å². The molecule has 0 saturated heterocycles. The molecule has 1 aromatic carbocycles. The van der Waals surface area contributed by atoms with Gasteiger partial charge in [-0.15, -0.1) is 0 Å². The minimum Gasteiger partial charge on any atom is -0.506 e. The van der Waals surface area contributed by atoms with Crippen LogP contribution < -0.4 is 0 Å². The van der Waals surface area contributed by atoms with Gasteiger partial charge in [-0.3, -0.25) is 0 Å². The SMILES string of the molecule is CC(C)(C)CC(C)(C)c1cc(Br)c(O)c(Br)c1. The second kappa shape index (κ2) is 4.93. The Morgan fingerprint density at radius 1 is 1.00 bits per heavy atom. The molecule has 0 spiro atoms. The van der Waals surface area contributed by atoms with Crippen molar-refractivity contribution in [3.8, 4) is 5.75 Å². The Bertz CT molecular complexity index is 394. The maximum absolute atomic E-state index is 9.74. The summed E-state index contributed by atoms with van der Waals surface area (Å²) in [5.74, 6) is 0.264. The molecule has 0 heterocycles. The minimum atomic E-state index is 0.0803. The fraction of sp³-hybridized carbons (Fsp3) is 0.571. The van der Waals surface area contributed by atoms with E-state index < -0.39 is 0 Å². The first-order chi connectivity index (χ1) is 7.53. The van der Waals surface area contributed by atoms with Crippen molar-refractivity contribution in [3.05, 3.63) is 26.6 Å². The molecule has 0 fully saturated rings. The molecule has 96 valence electrons. The van der Waals surface area contributed by atoms with Crippen LogP contribution in [0.5, 0.6) is 5.75 Å². The maximum atomic E-state index is 9.74. The van der Waals surface area contributed by atoms with Gasteiger partial charge >= 0.3 is 0 Å². The summed E-state index contributed by atoms with van der Waals surface area (Å²) < 4.78 is 1.48. The van der Waals surface area contributed by atoms with Gasteiger partial charge in [0.25, 0.3) is 0 Å². The summed E-state index contributed by atoms with van der Waals surface area (Å²) in [7, 11) is 0. The monoisotopic (exact) mass is 362 g/mol. The molecule has 0 aliphatic carbocycles. The van der Waals surface area contributed by atoms with Gasteiger partial charge in [0.05, 0.1) is 8.95 Å². The molecule has 1 nitrogen and oxygen atoms in total. The van der Waals surface area contributed by atoms with Crippen LogP contribution in [0.15, 0.2) is 21.1 Å². The first-order valence-corrected chi connectivity index (χ1v) is 7.30. The Labute approximate surface area is 121 Å². The highest BCUT2D eigenvalue weighted by Gasteiger charge is 2.28. The standard InChI is InChI=1S/C14H20Br2O/c1-13(2,3)8-14(4,5)9-6-10(15)12(17)11(16)7-9/h6-7,17H,8H2,1-5H3. The van der Waals surface area contributed by atoms with Gasteiger partial charge in [-0.05, 0) is 66.8 Å². The Morgan fingerprint density at radius 3 is 1.76 bits per heavy atom. The maximum Gasteiger partial charge on any atom is 0.143 e. The summed E-state index contributed by atoms with van der Waals surface area (Å²) in [6.45, 7) is 11.2. The highest BCUT2D eigenvalue weighted by molar-refractivity contribution is 9.11. The Balaban J connectivity index is 3.16. The topological polar surface area (TPSA) is 20.2 Å². The van der Waals surface area contributed by atoms with Crippen LogP contribution in [0.2, 0.25) is 0 Å². The third-order valence-corrected chi connectivity index (χ3v) is 3.98. The summed E-state index contributed by atoms with van der Waals surface area (Å²) in [5.41, 5.74) is 1.58. The van der Waals surface area contributed by atoms with Crippen molar-refractivity contribution in [1.29, 1.82) is 0 Å². The molecule has 1 N–H and O–H groups in total. The van der Waals surface area contributed by atoms with Crippen molar-refractivity contribution in [2.45, 2.75) is 46.5 Å². The quantitative estimate of drug-likeness (QED) is 0.721. The van der Waals surface area contributed by atoms with E-state index in [9.17, 15) is 5.11 Å². The van der Waals surface area contributed by atoms with E-state index >= 15 is 0 Å². The van der Waals surface area contributed by atoms with E-state index in [-0.39, 0.29) is 16.6 Å². The molecule has 0 atom stereocenters. The summed E-state index contributed by atoms with van der Waals surface area (Å²) in [6.07, 6.45) is 1.09. The largest absolute Gasteiger partial charge is 0.506 e. The highest BCUT2D eigenvalue weighted by Crippen LogP contribution is 2.41. The molecule has 0 amide bonds. The smallest absolute Gasteiger partial charge is 0.143 e. The third-order valence-electron chi connectivity index (χ3n) is 2.77. The number of phenols is 1. The van der Waals surface area contributed by atoms with Crippen LogP contribution in [0, 0.1) is 5.41 Å². The zero-order valence-electron chi connectivity index (χ0n) is 11.1. The van der Waals surface area contributed by atoms with Gasteiger partial charge in [0, 0.05) is 0 Å². The molecule has 17 heavy (non-hydrogen) atoms. The lowest BCUT2D eigenvalue weighted by atomic mass is 9.72. The molecule has 0 aliphatic heterocycles. The molecular weight excluding hydrogens is 344 g/mol. The number of benzene rings is 1. The van der Waals surface area contributed by atoms with E-state index in [1.54, 1.807) is 0 Å². The molecule has 0 bridgehead atoms. The number of phenolic OH excluding ortho intramolecular Hbond substituents is 1. The average molecular weight is 364 g/mol.